The van der Waals surface area contributed by atoms with Crippen LogP contribution in [-0.4, -0.2) is 25.2 Å². The van der Waals surface area contributed by atoms with Crippen molar-refractivity contribution in [2.45, 2.75) is 32.6 Å². The summed E-state index contributed by atoms with van der Waals surface area (Å²) in [4.78, 5) is 22.4. The average molecular weight is 419 g/mol. The molecule has 0 unspecified atom stereocenters. The lowest BCUT2D eigenvalue weighted by Crippen LogP contribution is -2.10. The molecule has 0 aliphatic heterocycles. The normalized spacial score (nSPS) is 9.84. The Labute approximate surface area is 184 Å². The molecule has 0 aliphatic carbocycles. The summed E-state index contributed by atoms with van der Waals surface area (Å²) in [7, 11) is 0. The number of ether oxygens (including phenoxy) is 2. The summed E-state index contributed by atoms with van der Waals surface area (Å²) in [5.74, 6) is -0.298. The Balaban J connectivity index is 0.000000233. The molecule has 0 saturated carbocycles. The van der Waals surface area contributed by atoms with Crippen LogP contribution in [0.1, 0.15) is 30.0 Å². The van der Waals surface area contributed by atoms with Crippen molar-refractivity contribution in [1.82, 2.24) is 0 Å². The minimum atomic E-state index is -0.169. The molecule has 0 amide bonds. The molecular formula is C27H30O4. The van der Waals surface area contributed by atoms with Gasteiger partial charge in [-0.05, 0) is 16.7 Å². The highest BCUT2D eigenvalue weighted by atomic mass is 16.5. The van der Waals surface area contributed by atoms with Crippen molar-refractivity contribution in [2.24, 2.45) is 0 Å². The summed E-state index contributed by atoms with van der Waals surface area (Å²) >= 11 is 0. The number of benzene rings is 3. The van der Waals surface area contributed by atoms with E-state index in [1.54, 1.807) is 6.92 Å². The predicted octanol–water partition coefficient (Wildman–Crippen LogP) is 5.20. The maximum absolute atomic E-state index is 11.6. The van der Waals surface area contributed by atoms with Gasteiger partial charge in [-0.2, -0.15) is 0 Å². The molecule has 0 heterocycles. The van der Waals surface area contributed by atoms with Gasteiger partial charge in [-0.25, -0.2) is 0 Å². The lowest BCUT2D eigenvalue weighted by Gasteiger charge is -2.05. The van der Waals surface area contributed by atoms with E-state index < -0.39 is 0 Å². The maximum Gasteiger partial charge on any atom is 0.310 e. The molecule has 0 aliphatic rings. The fourth-order valence-electron chi connectivity index (χ4n) is 2.77. The largest absolute Gasteiger partial charge is 0.465 e. The van der Waals surface area contributed by atoms with Crippen molar-refractivity contribution in [3.63, 3.8) is 0 Å². The quantitative estimate of drug-likeness (QED) is 0.448. The van der Waals surface area contributed by atoms with Crippen LogP contribution in [0.2, 0.25) is 0 Å². The van der Waals surface area contributed by atoms with E-state index in [2.05, 4.69) is 0 Å². The zero-order valence-electron chi connectivity index (χ0n) is 18.0. The van der Waals surface area contributed by atoms with Crippen molar-refractivity contribution in [3.8, 4) is 0 Å². The first-order valence-corrected chi connectivity index (χ1v) is 10.6. The molecule has 4 nitrogen and oxygen atoms in total. The van der Waals surface area contributed by atoms with Crippen molar-refractivity contribution >= 4 is 11.9 Å². The summed E-state index contributed by atoms with van der Waals surface area (Å²) in [6.45, 7) is 2.72. The van der Waals surface area contributed by atoms with Crippen molar-refractivity contribution in [1.29, 1.82) is 0 Å². The van der Waals surface area contributed by atoms with Gasteiger partial charge in [0.15, 0.2) is 0 Å². The smallest absolute Gasteiger partial charge is 0.310 e. The molecule has 0 spiro atoms. The second kappa shape index (κ2) is 14.6. The van der Waals surface area contributed by atoms with E-state index >= 15 is 0 Å². The van der Waals surface area contributed by atoms with Gasteiger partial charge >= 0.3 is 11.9 Å². The molecule has 0 bridgehead atoms. The van der Waals surface area contributed by atoms with Gasteiger partial charge in [0.05, 0.1) is 19.6 Å². The fourth-order valence-corrected chi connectivity index (χ4v) is 2.77. The third kappa shape index (κ3) is 10.8. The van der Waals surface area contributed by atoms with Crippen molar-refractivity contribution in [2.75, 3.05) is 13.2 Å². The third-order valence-electron chi connectivity index (χ3n) is 4.47. The fraction of sp³-hybridized carbons (Fsp3) is 0.259. The third-order valence-corrected chi connectivity index (χ3v) is 4.47. The molecule has 31 heavy (non-hydrogen) atoms. The van der Waals surface area contributed by atoms with Gasteiger partial charge in [0.25, 0.3) is 0 Å². The molecule has 3 aromatic carbocycles. The zero-order chi connectivity index (χ0) is 22.2. The Hall–Kier alpha value is -3.40. The monoisotopic (exact) mass is 418 g/mol. The van der Waals surface area contributed by atoms with E-state index in [0.29, 0.717) is 26.1 Å². The second-order valence-electron chi connectivity index (χ2n) is 6.93. The Bertz CT molecular complexity index is 877. The van der Waals surface area contributed by atoms with Gasteiger partial charge < -0.3 is 9.47 Å². The van der Waals surface area contributed by atoms with Crippen LogP contribution in [0.15, 0.2) is 91.0 Å². The van der Waals surface area contributed by atoms with E-state index in [9.17, 15) is 9.59 Å². The van der Waals surface area contributed by atoms with Gasteiger partial charge in [0.1, 0.15) is 0 Å². The lowest BCUT2D eigenvalue weighted by atomic mass is 10.1. The summed E-state index contributed by atoms with van der Waals surface area (Å²) in [5.41, 5.74) is 3.37. The Morgan fingerprint density at radius 2 is 0.968 bits per heavy atom. The summed E-state index contributed by atoms with van der Waals surface area (Å²) in [6, 6.07) is 29.7. The van der Waals surface area contributed by atoms with Crippen molar-refractivity contribution in [3.05, 3.63) is 108 Å². The average Bonchev–Trinajstić information content (AvgIpc) is 2.81. The van der Waals surface area contributed by atoms with Crippen LogP contribution in [0.25, 0.3) is 0 Å². The lowest BCUT2D eigenvalue weighted by molar-refractivity contribution is -0.143. The molecule has 162 valence electrons. The van der Waals surface area contributed by atoms with E-state index in [1.807, 2.05) is 91.0 Å². The molecule has 4 heteroatoms. The number of esters is 2. The standard InChI is InChI=1S/C16H16O2.C11H14O2/c17-16(13-15-9-5-2-6-10-15)18-12-11-14-7-3-1-4-8-14;1-2-11(12)13-9-8-10-6-4-3-5-7-10/h1-10H,11-13H2;3-7H,2,8-9H2,1H3. The molecule has 0 aromatic heterocycles. The van der Waals surface area contributed by atoms with Crippen LogP contribution >= 0.6 is 0 Å². The molecular weight excluding hydrogens is 388 g/mol. The van der Waals surface area contributed by atoms with Crippen LogP contribution in [0.5, 0.6) is 0 Å². The van der Waals surface area contributed by atoms with Crippen molar-refractivity contribution < 1.29 is 19.1 Å². The van der Waals surface area contributed by atoms with Gasteiger partial charge in [-0.1, -0.05) is 97.9 Å². The van der Waals surface area contributed by atoms with Gasteiger partial charge in [-0.15, -0.1) is 0 Å². The highest BCUT2D eigenvalue weighted by molar-refractivity contribution is 5.72. The predicted molar refractivity (Wildman–Crippen MR) is 123 cm³/mol. The number of carbonyl (C=O) groups is 2. The number of carbonyl (C=O) groups excluding carboxylic acids is 2. The highest BCUT2D eigenvalue weighted by Crippen LogP contribution is 2.03. The molecule has 3 rings (SSSR count). The Morgan fingerprint density at radius 1 is 0.581 bits per heavy atom. The molecule has 0 fully saturated rings. The summed E-state index contributed by atoms with van der Waals surface area (Å²) in [6.07, 6.45) is 2.36. The molecule has 0 N–H and O–H groups in total. The van der Waals surface area contributed by atoms with Crippen LogP contribution in [0.4, 0.5) is 0 Å². The number of hydrogen-bond donors (Lipinski definition) is 0. The minimum Gasteiger partial charge on any atom is -0.465 e. The van der Waals surface area contributed by atoms with Crippen LogP contribution in [-0.2, 0) is 38.3 Å². The molecule has 0 radical (unpaired) electrons. The minimum absolute atomic E-state index is 0.129. The summed E-state index contributed by atoms with van der Waals surface area (Å²) < 4.78 is 10.2. The number of rotatable bonds is 9. The van der Waals surface area contributed by atoms with Gasteiger partial charge in [-0.3, -0.25) is 9.59 Å². The first kappa shape index (κ1) is 23.9. The summed E-state index contributed by atoms with van der Waals surface area (Å²) in [5, 5.41) is 0. The van der Waals surface area contributed by atoms with E-state index in [0.717, 1.165) is 18.4 Å². The SMILES string of the molecule is CCC(=O)OCCc1ccccc1.O=C(Cc1ccccc1)OCCc1ccccc1. The van der Waals surface area contributed by atoms with Gasteiger partial charge in [0, 0.05) is 19.3 Å². The van der Waals surface area contributed by atoms with E-state index in [-0.39, 0.29) is 11.9 Å². The second-order valence-corrected chi connectivity index (χ2v) is 6.93. The molecule has 0 atom stereocenters. The van der Waals surface area contributed by atoms with Crippen LogP contribution in [0, 0.1) is 0 Å². The maximum atomic E-state index is 11.6. The van der Waals surface area contributed by atoms with E-state index in [1.165, 1.54) is 11.1 Å². The molecule has 0 saturated heterocycles. The zero-order valence-corrected chi connectivity index (χ0v) is 18.0. The topological polar surface area (TPSA) is 52.6 Å². The van der Waals surface area contributed by atoms with E-state index in [4.69, 9.17) is 9.47 Å². The number of hydrogen-bond acceptors (Lipinski definition) is 4. The Morgan fingerprint density at radius 3 is 1.39 bits per heavy atom. The Kier molecular flexibility index (Phi) is 11.2. The molecule has 3 aromatic rings. The van der Waals surface area contributed by atoms with Crippen LogP contribution in [0.3, 0.4) is 0 Å². The van der Waals surface area contributed by atoms with Crippen LogP contribution < -0.4 is 0 Å². The van der Waals surface area contributed by atoms with Gasteiger partial charge in [0.2, 0.25) is 0 Å². The first-order chi connectivity index (χ1) is 15.2. The highest BCUT2D eigenvalue weighted by Gasteiger charge is 2.04. The first-order valence-electron chi connectivity index (χ1n) is 10.6.